The highest BCUT2D eigenvalue weighted by molar-refractivity contribution is 9.11. The minimum Gasteiger partial charge on any atom is -0.493 e. The van der Waals surface area contributed by atoms with E-state index in [1.165, 1.54) is 0 Å². The molecule has 0 unspecified atom stereocenters. The first kappa shape index (κ1) is 23.5. The van der Waals surface area contributed by atoms with Crippen molar-refractivity contribution in [1.82, 2.24) is 5.32 Å². The zero-order chi connectivity index (χ0) is 21.6. The minimum atomic E-state index is -0.524. The van der Waals surface area contributed by atoms with E-state index >= 15 is 0 Å². The van der Waals surface area contributed by atoms with E-state index in [0.717, 1.165) is 20.1 Å². The highest BCUT2D eigenvalue weighted by atomic mass is 79.9. The van der Waals surface area contributed by atoms with E-state index in [9.17, 15) is 9.90 Å². The summed E-state index contributed by atoms with van der Waals surface area (Å²) in [5.74, 6) is 1.65. The van der Waals surface area contributed by atoms with Gasteiger partial charge < -0.3 is 24.6 Å². The lowest BCUT2D eigenvalue weighted by atomic mass is 10.1. The molecule has 0 aromatic heterocycles. The van der Waals surface area contributed by atoms with E-state index in [-0.39, 0.29) is 6.61 Å². The zero-order valence-corrected chi connectivity index (χ0v) is 20.0. The lowest BCUT2D eigenvalue weighted by Crippen LogP contribution is -2.33. The van der Waals surface area contributed by atoms with Crippen LogP contribution in [0.5, 0.6) is 17.2 Å². The summed E-state index contributed by atoms with van der Waals surface area (Å²) in [6.45, 7) is 5.83. The van der Waals surface area contributed by atoms with Crippen LogP contribution in [0.1, 0.15) is 31.9 Å². The third-order valence-electron chi connectivity index (χ3n) is 3.76. The van der Waals surface area contributed by atoms with Crippen LogP contribution in [0.15, 0.2) is 39.3 Å². The number of rotatable bonds is 7. The van der Waals surface area contributed by atoms with Gasteiger partial charge in [-0.1, -0.05) is 6.07 Å². The standard InChI is InChI=1S/C21H25Br2NO5/c1-21(2,3)29-20(26)24-8-7-13-9-15(22)19(16(23)10-13)28-18-11-14(12-25)5-6-17(18)27-4/h5-6,9-11,25H,7-8,12H2,1-4H3,(H,24,26). The first-order valence-electron chi connectivity index (χ1n) is 9.03. The molecule has 29 heavy (non-hydrogen) atoms. The van der Waals surface area contributed by atoms with Crippen molar-refractivity contribution in [3.8, 4) is 17.2 Å². The van der Waals surface area contributed by atoms with E-state index in [0.29, 0.717) is 30.2 Å². The van der Waals surface area contributed by atoms with Crippen LogP contribution in [0.2, 0.25) is 0 Å². The van der Waals surface area contributed by atoms with Gasteiger partial charge in [-0.3, -0.25) is 0 Å². The van der Waals surface area contributed by atoms with Crippen molar-refractivity contribution in [2.75, 3.05) is 13.7 Å². The number of carbonyl (C=O) groups is 1. The molecule has 158 valence electrons. The molecule has 0 fully saturated rings. The van der Waals surface area contributed by atoms with Crippen molar-refractivity contribution in [2.45, 2.75) is 39.4 Å². The number of carbonyl (C=O) groups excluding carboxylic acids is 1. The predicted octanol–water partition coefficient (Wildman–Crippen LogP) is 5.57. The number of ether oxygens (including phenoxy) is 3. The molecule has 0 bridgehead atoms. The fourth-order valence-corrected chi connectivity index (χ4v) is 3.93. The molecule has 2 aromatic rings. The molecular formula is C21H25Br2NO5. The summed E-state index contributed by atoms with van der Waals surface area (Å²) < 4.78 is 18.1. The van der Waals surface area contributed by atoms with Crippen molar-refractivity contribution in [2.24, 2.45) is 0 Å². The van der Waals surface area contributed by atoms with Crippen molar-refractivity contribution >= 4 is 38.0 Å². The van der Waals surface area contributed by atoms with Gasteiger partial charge in [0.15, 0.2) is 17.2 Å². The SMILES string of the molecule is COc1ccc(CO)cc1Oc1c(Br)cc(CCNC(=O)OC(C)(C)C)cc1Br. The van der Waals surface area contributed by atoms with Gasteiger partial charge in [0, 0.05) is 6.54 Å². The number of benzene rings is 2. The van der Waals surface area contributed by atoms with Crippen LogP contribution in [0, 0.1) is 0 Å². The molecule has 0 spiro atoms. The lowest BCUT2D eigenvalue weighted by molar-refractivity contribution is 0.0528. The highest BCUT2D eigenvalue weighted by Gasteiger charge is 2.16. The van der Waals surface area contributed by atoms with Crippen LogP contribution in [0.25, 0.3) is 0 Å². The zero-order valence-electron chi connectivity index (χ0n) is 16.8. The van der Waals surface area contributed by atoms with Crippen molar-refractivity contribution in [1.29, 1.82) is 0 Å². The normalized spacial score (nSPS) is 11.1. The number of methoxy groups -OCH3 is 1. The molecule has 0 aliphatic heterocycles. The average molecular weight is 531 g/mol. The maximum Gasteiger partial charge on any atom is 0.407 e. The number of hydrogen-bond donors (Lipinski definition) is 2. The van der Waals surface area contributed by atoms with Crippen molar-refractivity contribution in [3.05, 3.63) is 50.4 Å². The predicted molar refractivity (Wildman–Crippen MR) is 119 cm³/mol. The molecule has 0 aliphatic carbocycles. The van der Waals surface area contributed by atoms with Crippen LogP contribution in [0.3, 0.4) is 0 Å². The minimum absolute atomic E-state index is 0.0910. The van der Waals surface area contributed by atoms with Gasteiger partial charge in [0.05, 0.1) is 22.7 Å². The van der Waals surface area contributed by atoms with Crippen molar-refractivity contribution < 1.29 is 24.1 Å². The van der Waals surface area contributed by atoms with Gasteiger partial charge in [0.2, 0.25) is 0 Å². The first-order chi connectivity index (χ1) is 13.6. The monoisotopic (exact) mass is 529 g/mol. The van der Waals surface area contributed by atoms with Gasteiger partial charge in [-0.25, -0.2) is 4.79 Å². The highest BCUT2D eigenvalue weighted by Crippen LogP contribution is 2.41. The molecule has 0 saturated carbocycles. The Labute approximate surface area is 187 Å². The van der Waals surface area contributed by atoms with Crippen LogP contribution in [0.4, 0.5) is 4.79 Å². The number of alkyl carbamates (subject to hydrolysis) is 1. The number of aliphatic hydroxyl groups excluding tert-OH is 1. The Bertz CT molecular complexity index is 842. The molecule has 1 amide bonds. The Morgan fingerprint density at radius 2 is 1.72 bits per heavy atom. The fourth-order valence-electron chi connectivity index (χ4n) is 2.49. The van der Waals surface area contributed by atoms with Crippen LogP contribution < -0.4 is 14.8 Å². The smallest absolute Gasteiger partial charge is 0.407 e. The fraction of sp³-hybridized carbons (Fsp3) is 0.381. The molecule has 2 rings (SSSR count). The Kier molecular flexibility index (Phi) is 8.36. The summed E-state index contributed by atoms with van der Waals surface area (Å²) in [6, 6.07) is 9.12. The average Bonchev–Trinajstić information content (AvgIpc) is 2.63. The summed E-state index contributed by atoms with van der Waals surface area (Å²) in [6.07, 6.45) is 0.187. The molecule has 2 aromatic carbocycles. The Morgan fingerprint density at radius 1 is 1.07 bits per heavy atom. The number of halogens is 2. The quantitative estimate of drug-likeness (QED) is 0.489. The number of aliphatic hydroxyl groups is 1. The van der Waals surface area contributed by atoms with Gasteiger partial charge in [-0.05, 0) is 94.4 Å². The van der Waals surface area contributed by atoms with Crippen molar-refractivity contribution in [3.63, 3.8) is 0 Å². The largest absolute Gasteiger partial charge is 0.493 e. The summed E-state index contributed by atoms with van der Waals surface area (Å²) in [4.78, 5) is 11.8. The Balaban J connectivity index is 2.09. The second-order valence-corrected chi connectivity index (χ2v) is 9.02. The summed E-state index contributed by atoms with van der Waals surface area (Å²) in [7, 11) is 1.56. The maximum absolute atomic E-state index is 11.8. The molecule has 6 nitrogen and oxygen atoms in total. The molecule has 0 aliphatic rings. The van der Waals surface area contributed by atoms with Gasteiger partial charge in [0.1, 0.15) is 5.60 Å². The third-order valence-corrected chi connectivity index (χ3v) is 4.94. The molecule has 0 saturated heterocycles. The number of hydrogen-bond acceptors (Lipinski definition) is 5. The number of amides is 1. The maximum atomic E-state index is 11.8. The molecule has 8 heteroatoms. The van der Waals surface area contributed by atoms with Gasteiger partial charge in [-0.15, -0.1) is 0 Å². The summed E-state index contributed by atoms with van der Waals surface area (Å²) >= 11 is 7.08. The van der Waals surface area contributed by atoms with Gasteiger partial charge in [-0.2, -0.15) is 0 Å². The van der Waals surface area contributed by atoms with Crippen LogP contribution in [-0.4, -0.2) is 30.5 Å². The number of nitrogens with one attached hydrogen (secondary N) is 1. The Morgan fingerprint density at radius 3 is 2.28 bits per heavy atom. The van der Waals surface area contributed by atoms with Gasteiger partial charge in [0.25, 0.3) is 0 Å². The molecule has 0 radical (unpaired) electrons. The molecule has 2 N–H and O–H groups in total. The Hall–Kier alpha value is -1.77. The van der Waals surface area contributed by atoms with Crippen LogP contribution in [-0.2, 0) is 17.8 Å². The van der Waals surface area contributed by atoms with E-state index in [2.05, 4.69) is 37.2 Å². The first-order valence-corrected chi connectivity index (χ1v) is 10.6. The van der Waals surface area contributed by atoms with Crippen LogP contribution >= 0.6 is 31.9 Å². The van der Waals surface area contributed by atoms with E-state index in [1.807, 2.05) is 32.9 Å². The second-order valence-electron chi connectivity index (χ2n) is 7.31. The van der Waals surface area contributed by atoms with E-state index in [1.54, 1.807) is 25.3 Å². The molecule has 0 atom stereocenters. The van der Waals surface area contributed by atoms with E-state index < -0.39 is 11.7 Å². The second kappa shape index (κ2) is 10.3. The summed E-state index contributed by atoms with van der Waals surface area (Å²) in [5, 5.41) is 12.1. The van der Waals surface area contributed by atoms with E-state index in [4.69, 9.17) is 14.2 Å². The molecule has 0 heterocycles. The lowest BCUT2D eigenvalue weighted by Gasteiger charge is -2.19. The molecular weight excluding hydrogens is 506 g/mol. The topological polar surface area (TPSA) is 77.0 Å². The third kappa shape index (κ3) is 7.21. The van der Waals surface area contributed by atoms with Gasteiger partial charge >= 0.3 is 6.09 Å². The summed E-state index contributed by atoms with van der Waals surface area (Å²) in [5.41, 5.74) is 1.20.